The Kier molecular flexibility index (Phi) is 6.24. The summed E-state index contributed by atoms with van der Waals surface area (Å²) in [4.78, 5) is 21.6. The summed E-state index contributed by atoms with van der Waals surface area (Å²) in [5.74, 6) is 1.46. The molecule has 2 unspecified atom stereocenters. The van der Waals surface area contributed by atoms with Crippen molar-refractivity contribution < 1.29 is 23.1 Å². The highest BCUT2D eigenvalue weighted by atomic mass is 35.5. The highest BCUT2D eigenvalue weighted by Gasteiger charge is 2.55. The van der Waals surface area contributed by atoms with Crippen molar-refractivity contribution in [1.82, 2.24) is 9.71 Å². The summed E-state index contributed by atoms with van der Waals surface area (Å²) in [7, 11) is -4.23. The summed E-state index contributed by atoms with van der Waals surface area (Å²) in [6.45, 7) is 2.83. The second-order valence-electron chi connectivity index (χ2n) is 10.8. The first kappa shape index (κ1) is 24.8. The van der Waals surface area contributed by atoms with E-state index in [1.54, 1.807) is 18.2 Å². The summed E-state index contributed by atoms with van der Waals surface area (Å²) in [5.41, 5.74) is -0.439. The van der Waals surface area contributed by atoms with Gasteiger partial charge in [0.25, 0.3) is 15.9 Å². The van der Waals surface area contributed by atoms with E-state index in [1.165, 1.54) is 25.3 Å². The molecule has 11 heteroatoms. The zero-order valence-electron chi connectivity index (χ0n) is 20.5. The number of benzene rings is 1. The second-order valence-corrected chi connectivity index (χ2v) is 12.8. The molecule has 1 aromatic carbocycles. The highest BCUT2D eigenvalue weighted by Crippen LogP contribution is 2.48. The maximum absolute atomic E-state index is 13.3. The fraction of sp³-hybridized carbons (Fsp3) is 0.538. The molecule has 4 aliphatic rings. The third kappa shape index (κ3) is 4.86. The lowest BCUT2D eigenvalue weighted by Gasteiger charge is -2.35. The maximum Gasteiger partial charge on any atom is 0.281 e. The van der Waals surface area contributed by atoms with E-state index < -0.39 is 27.6 Å². The van der Waals surface area contributed by atoms with Gasteiger partial charge in [-0.3, -0.25) is 4.79 Å². The number of para-hydroxylation sites is 1. The number of carbonyl (C=O) groups is 1. The van der Waals surface area contributed by atoms with Gasteiger partial charge in [-0.2, -0.15) is 8.42 Å². The van der Waals surface area contributed by atoms with E-state index in [-0.39, 0.29) is 5.03 Å². The lowest BCUT2D eigenvalue weighted by molar-refractivity contribution is -0.127. The molecule has 2 aliphatic carbocycles. The third-order valence-corrected chi connectivity index (χ3v) is 9.54. The molecule has 2 aromatic rings. The normalized spacial score (nSPS) is 26.3. The van der Waals surface area contributed by atoms with E-state index >= 15 is 0 Å². The van der Waals surface area contributed by atoms with Gasteiger partial charge in [0.1, 0.15) is 5.82 Å². The number of aliphatic hydroxyl groups is 1. The van der Waals surface area contributed by atoms with Gasteiger partial charge in [-0.15, -0.1) is 0 Å². The summed E-state index contributed by atoms with van der Waals surface area (Å²) < 4.78 is 34.7. The van der Waals surface area contributed by atoms with Crippen LogP contribution in [0.5, 0.6) is 5.75 Å². The van der Waals surface area contributed by atoms with E-state index in [1.807, 2.05) is 17.0 Å². The van der Waals surface area contributed by atoms with E-state index in [2.05, 4.69) is 14.6 Å². The quantitative estimate of drug-likeness (QED) is 0.545. The van der Waals surface area contributed by atoms with Crippen molar-refractivity contribution >= 4 is 39.0 Å². The van der Waals surface area contributed by atoms with Crippen molar-refractivity contribution in [3.8, 4) is 5.75 Å². The van der Waals surface area contributed by atoms with Crippen LogP contribution in [0.25, 0.3) is 0 Å². The minimum Gasteiger partial charge on any atom is -0.474 e. The summed E-state index contributed by atoms with van der Waals surface area (Å²) >= 11 is 6.56. The van der Waals surface area contributed by atoms with Crippen LogP contribution in [-0.2, 0) is 14.8 Å². The van der Waals surface area contributed by atoms with Gasteiger partial charge in [0.2, 0.25) is 0 Å². The third-order valence-electron chi connectivity index (χ3n) is 8.01. The van der Waals surface area contributed by atoms with Crippen LogP contribution in [0.2, 0.25) is 5.02 Å². The van der Waals surface area contributed by atoms with Crippen LogP contribution >= 0.6 is 11.6 Å². The van der Waals surface area contributed by atoms with Gasteiger partial charge in [0, 0.05) is 39.0 Å². The fourth-order valence-electron chi connectivity index (χ4n) is 5.88. The average Bonchev–Trinajstić information content (AvgIpc) is 3.42. The lowest BCUT2D eigenvalue weighted by Crippen LogP contribution is -2.44. The first-order chi connectivity index (χ1) is 17.7. The van der Waals surface area contributed by atoms with Crippen molar-refractivity contribution in [2.24, 2.45) is 11.8 Å². The van der Waals surface area contributed by atoms with Gasteiger partial charge in [0.15, 0.2) is 16.4 Å². The number of hydrogen-bond donors (Lipinski definition) is 2. The number of hydrogen-bond acceptors (Lipinski definition) is 8. The molecule has 2 aliphatic heterocycles. The molecule has 198 valence electrons. The SMILES string of the molecule is O=C(NS(=O)(=O)c1cccc(N2CC[C@H](O)C2)n1)C1(Oc2c(Cl)cccc2N2CC3CCC(C3)C2)CC1. The molecule has 6 rings (SSSR count). The van der Waals surface area contributed by atoms with Gasteiger partial charge < -0.3 is 19.6 Å². The van der Waals surface area contributed by atoms with Gasteiger partial charge in [-0.1, -0.05) is 23.7 Å². The number of halogens is 1. The number of nitrogens with one attached hydrogen (secondary N) is 1. The van der Waals surface area contributed by atoms with Crippen molar-refractivity contribution in [1.29, 1.82) is 0 Å². The first-order valence-electron chi connectivity index (χ1n) is 12.9. The van der Waals surface area contributed by atoms with Crippen molar-refractivity contribution in [2.45, 2.75) is 55.3 Å². The highest BCUT2D eigenvalue weighted by molar-refractivity contribution is 7.90. The number of fused-ring (bicyclic) bond motifs is 2. The van der Waals surface area contributed by atoms with E-state index in [0.717, 1.165) is 18.8 Å². The van der Waals surface area contributed by atoms with Crippen molar-refractivity contribution in [3.63, 3.8) is 0 Å². The Hall–Kier alpha value is -2.56. The van der Waals surface area contributed by atoms with Crippen LogP contribution in [0.1, 0.15) is 38.5 Å². The largest absolute Gasteiger partial charge is 0.474 e. The molecule has 0 spiro atoms. The molecule has 37 heavy (non-hydrogen) atoms. The fourth-order valence-corrected chi connectivity index (χ4v) is 7.10. The molecule has 3 atom stereocenters. The van der Waals surface area contributed by atoms with Crippen LogP contribution in [-0.4, -0.2) is 62.3 Å². The Labute approximate surface area is 221 Å². The van der Waals surface area contributed by atoms with Gasteiger partial charge in [0.05, 0.1) is 16.8 Å². The number of pyridine rings is 1. The van der Waals surface area contributed by atoms with Gasteiger partial charge >= 0.3 is 0 Å². The number of β-amino-alcohol motifs (C(OH)–C–C–N with tert-alkyl or cyclic N) is 1. The molecule has 2 saturated heterocycles. The van der Waals surface area contributed by atoms with Crippen LogP contribution in [0.4, 0.5) is 11.5 Å². The van der Waals surface area contributed by atoms with Crippen molar-refractivity contribution in [2.75, 3.05) is 36.0 Å². The number of aromatic nitrogens is 1. The zero-order chi connectivity index (χ0) is 25.8. The Bertz CT molecular complexity index is 1310. The minimum absolute atomic E-state index is 0.252. The number of sulfonamides is 1. The smallest absolute Gasteiger partial charge is 0.281 e. The standard InChI is InChI=1S/C26H31ClN4O5S/c27-20-3-1-4-21(31-14-17-7-8-18(13-17)15-31)24(20)36-26(10-11-26)25(33)29-37(34,35)23-6-2-5-22(28-23)30-12-9-19(32)16-30/h1-6,17-19,32H,7-16H2,(H,29,33)/t17?,18?,19-/m0/s1. The maximum atomic E-state index is 13.3. The average molecular weight is 547 g/mol. The molecule has 2 N–H and O–H groups in total. The first-order valence-corrected chi connectivity index (χ1v) is 14.8. The van der Waals surface area contributed by atoms with Gasteiger partial charge in [-0.25, -0.2) is 9.71 Å². The van der Waals surface area contributed by atoms with Gasteiger partial charge in [-0.05, 0) is 61.8 Å². The van der Waals surface area contributed by atoms with Crippen LogP contribution in [0, 0.1) is 11.8 Å². The Morgan fingerprint density at radius 1 is 1.05 bits per heavy atom. The van der Waals surface area contributed by atoms with E-state index in [4.69, 9.17) is 16.3 Å². The van der Waals surface area contributed by atoms with Crippen LogP contribution < -0.4 is 19.3 Å². The zero-order valence-corrected chi connectivity index (χ0v) is 22.0. The Morgan fingerprint density at radius 3 is 2.46 bits per heavy atom. The number of rotatable bonds is 7. The molecule has 2 saturated carbocycles. The number of ether oxygens (including phenoxy) is 1. The lowest BCUT2D eigenvalue weighted by atomic mass is 9.98. The molecule has 1 amide bonds. The monoisotopic (exact) mass is 546 g/mol. The summed E-state index contributed by atoms with van der Waals surface area (Å²) in [5, 5.41) is 9.96. The topological polar surface area (TPSA) is 112 Å². The van der Waals surface area contributed by atoms with E-state index in [9.17, 15) is 18.3 Å². The van der Waals surface area contributed by atoms with Crippen molar-refractivity contribution in [3.05, 3.63) is 41.4 Å². The number of aliphatic hydroxyl groups excluding tert-OH is 1. The molecular weight excluding hydrogens is 516 g/mol. The Morgan fingerprint density at radius 2 is 1.78 bits per heavy atom. The predicted molar refractivity (Wildman–Crippen MR) is 139 cm³/mol. The molecule has 4 fully saturated rings. The summed E-state index contributed by atoms with van der Waals surface area (Å²) in [6.07, 6.45) is 4.63. The van der Waals surface area contributed by atoms with Crippen LogP contribution in [0.15, 0.2) is 41.4 Å². The summed E-state index contributed by atoms with van der Waals surface area (Å²) in [6, 6.07) is 10.2. The van der Waals surface area contributed by atoms with Crippen LogP contribution in [0.3, 0.4) is 0 Å². The molecule has 3 heterocycles. The Balaban J connectivity index is 1.20. The molecular formula is C26H31ClN4O5S. The number of amides is 1. The number of anilines is 2. The van der Waals surface area contributed by atoms with E-state index in [0.29, 0.717) is 60.8 Å². The molecule has 9 nitrogen and oxygen atoms in total. The number of nitrogens with zero attached hydrogens (tertiary/aromatic N) is 3. The molecule has 2 bridgehead atoms. The predicted octanol–water partition coefficient (Wildman–Crippen LogP) is 2.96. The molecule has 0 radical (unpaired) electrons. The number of piperidine rings is 1. The number of carbonyl (C=O) groups excluding carboxylic acids is 1. The second kappa shape index (κ2) is 9.32. The molecule has 1 aromatic heterocycles. The minimum atomic E-state index is -4.23.